The van der Waals surface area contributed by atoms with E-state index < -0.39 is 5.92 Å². The highest BCUT2D eigenvalue weighted by molar-refractivity contribution is 5.96. The molecule has 0 aromatic heterocycles. The van der Waals surface area contributed by atoms with Gasteiger partial charge in [0.1, 0.15) is 6.61 Å². The first-order chi connectivity index (χ1) is 13.5. The van der Waals surface area contributed by atoms with E-state index in [1.807, 2.05) is 27.7 Å². The fraction of sp³-hybridized carbons (Fsp3) is 0.609. The second-order valence-corrected chi connectivity index (χ2v) is 8.56. The van der Waals surface area contributed by atoms with Gasteiger partial charge < -0.3 is 15.4 Å². The summed E-state index contributed by atoms with van der Waals surface area (Å²) in [4.78, 5) is 36.6. The lowest BCUT2D eigenvalue weighted by Crippen LogP contribution is -2.45. The van der Waals surface area contributed by atoms with Crippen LogP contribution in [0.2, 0.25) is 0 Å². The summed E-state index contributed by atoms with van der Waals surface area (Å²) >= 11 is 0. The Hall–Kier alpha value is -2.21. The Bertz CT molecular complexity index is 681. The van der Waals surface area contributed by atoms with Gasteiger partial charge in [-0.15, -0.1) is 0 Å². The van der Waals surface area contributed by atoms with Crippen molar-refractivity contribution in [2.45, 2.75) is 73.6 Å². The van der Waals surface area contributed by atoms with Gasteiger partial charge in [0.05, 0.1) is 12.0 Å². The van der Waals surface area contributed by atoms with Gasteiger partial charge in [0.2, 0.25) is 5.91 Å². The van der Waals surface area contributed by atoms with Gasteiger partial charge in [-0.25, -0.2) is 0 Å². The first kappa shape index (κ1) is 24.8. The van der Waals surface area contributed by atoms with Crippen LogP contribution in [-0.4, -0.2) is 29.7 Å². The molecular formula is C23H36N2O4. The van der Waals surface area contributed by atoms with Gasteiger partial charge in [0, 0.05) is 24.1 Å². The molecule has 0 heterocycles. The maximum atomic E-state index is 12.6. The van der Waals surface area contributed by atoms with E-state index in [-0.39, 0.29) is 54.6 Å². The van der Waals surface area contributed by atoms with E-state index >= 15 is 0 Å². The first-order valence-corrected chi connectivity index (χ1v) is 10.4. The van der Waals surface area contributed by atoms with Crippen LogP contribution in [0.25, 0.3) is 0 Å². The fourth-order valence-electron chi connectivity index (χ4n) is 2.81. The molecule has 0 fully saturated rings. The summed E-state index contributed by atoms with van der Waals surface area (Å²) in [7, 11) is 0. The van der Waals surface area contributed by atoms with Gasteiger partial charge in [-0.1, -0.05) is 60.6 Å². The van der Waals surface area contributed by atoms with Crippen molar-refractivity contribution in [3.63, 3.8) is 0 Å². The first-order valence-electron chi connectivity index (χ1n) is 10.4. The van der Waals surface area contributed by atoms with Gasteiger partial charge in [0.25, 0.3) is 0 Å². The number of anilines is 1. The Labute approximate surface area is 174 Å². The summed E-state index contributed by atoms with van der Waals surface area (Å²) in [5, 5.41) is 6.14. The highest BCUT2D eigenvalue weighted by Gasteiger charge is 2.26. The zero-order valence-electron chi connectivity index (χ0n) is 18.7. The zero-order chi connectivity index (χ0) is 22.1. The molecule has 0 bridgehead atoms. The van der Waals surface area contributed by atoms with Gasteiger partial charge in [-0.2, -0.15) is 0 Å². The Morgan fingerprint density at radius 1 is 0.931 bits per heavy atom. The molecule has 1 rings (SSSR count). The number of rotatable bonds is 11. The Morgan fingerprint density at radius 3 is 2.00 bits per heavy atom. The molecule has 2 N–H and O–H groups in total. The predicted octanol–water partition coefficient (Wildman–Crippen LogP) is 3.94. The normalized spacial score (nSPS) is 13.4. The molecule has 0 aliphatic rings. The number of amides is 1. The largest absolute Gasteiger partial charge is 0.461 e. The van der Waals surface area contributed by atoms with Crippen LogP contribution in [-0.2, 0) is 25.7 Å². The summed E-state index contributed by atoms with van der Waals surface area (Å²) in [6, 6.07) is 7.09. The predicted molar refractivity (Wildman–Crippen MR) is 115 cm³/mol. The molecule has 1 amide bonds. The SMILES string of the molecule is CC(C)N[C@H](C(=O)C[C@H](C)C(=O)Nc1ccc(COC(=O)C(C)C)cc1)C(C)C. The number of Topliss-reactive ketones (excluding diaryl/α,β-unsaturated/α-hetero) is 1. The van der Waals surface area contributed by atoms with Crippen LogP contribution in [0, 0.1) is 17.8 Å². The average Bonchev–Trinajstić information content (AvgIpc) is 2.64. The van der Waals surface area contributed by atoms with Crippen LogP contribution < -0.4 is 10.6 Å². The standard InChI is InChI=1S/C23H36N2O4/c1-14(2)21(24-16(5)6)20(26)12-17(7)22(27)25-19-10-8-18(9-11-19)13-29-23(28)15(3)4/h8-11,14-17,21,24H,12-13H2,1-7H3,(H,25,27)/t17-,21-/m0/s1. The molecular weight excluding hydrogens is 368 g/mol. The van der Waals surface area contributed by atoms with Crippen molar-refractivity contribution in [2.24, 2.45) is 17.8 Å². The summed E-state index contributed by atoms with van der Waals surface area (Å²) in [6.45, 7) is 13.6. The second-order valence-electron chi connectivity index (χ2n) is 8.56. The maximum Gasteiger partial charge on any atom is 0.308 e. The molecule has 0 aliphatic carbocycles. The molecule has 0 aliphatic heterocycles. The van der Waals surface area contributed by atoms with Crippen molar-refractivity contribution >= 4 is 23.3 Å². The lowest BCUT2D eigenvalue weighted by Gasteiger charge is -2.24. The van der Waals surface area contributed by atoms with E-state index in [1.165, 1.54) is 0 Å². The molecule has 6 heteroatoms. The van der Waals surface area contributed by atoms with E-state index in [0.29, 0.717) is 5.69 Å². The topological polar surface area (TPSA) is 84.5 Å². The summed E-state index contributed by atoms with van der Waals surface area (Å²) < 4.78 is 5.19. The smallest absolute Gasteiger partial charge is 0.308 e. The van der Waals surface area contributed by atoms with Crippen LogP contribution in [0.3, 0.4) is 0 Å². The Balaban J connectivity index is 2.59. The molecule has 6 nitrogen and oxygen atoms in total. The number of carbonyl (C=O) groups excluding carboxylic acids is 3. The molecule has 0 radical (unpaired) electrons. The van der Waals surface area contributed by atoms with E-state index in [1.54, 1.807) is 45.0 Å². The average molecular weight is 405 g/mol. The van der Waals surface area contributed by atoms with Crippen LogP contribution in [0.1, 0.15) is 60.5 Å². The number of carbonyl (C=O) groups is 3. The minimum absolute atomic E-state index is 0.0543. The van der Waals surface area contributed by atoms with Crippen molar-refractivity contribution in [1.29, 1.82) is 0 Å². The van der Waals surface area contributed by atoms with E-state index in [2.05, 4.69) is 10.6 Å². The van der Waals surface area contributed by atoms with E-state index in [4.69, 9.17) is 4.74 Å². The number of ketones is 1. The van der Waals surface area contributed by atoms with E-state index in [9.17, 15) is 14.4 Å². The number of hydrogen-bond acceptors (Lipinski definition) is 5. The minimum Gasteiger partial charge on any atom is -0.461 e. The quantitative estimate of drug-likeness (QED) is 0.546. The molecule has 2 atom stereocenters. The monoisotopic (exact) mass is 404 g/mol. The molecule has 29 heavy (non-hydrogen) atoms. The molecule has 162 valence electrons. The van der Waals surface area contributed by atoms with Crippen molar-refractivity contribution in [1.82, 2.24) is 5.32 Å². The lowest BCUT2D eigenvalue weighted by atomic mass is 9.92. The van der Waals surface area contributed by atoms with Crippen LogP contribution in [0.5, 0.6) is 0 Å². The van der Waals surface area contributed by atoms with Crippen molar-refractivity contribution in [2.75, 3.05) is 5.32 Å². The van der Waals surface area contributed by atoms with Crippen LogP contribution in [0.15, 0.2) is 24.3 Å². The third-order valence-electron chi connectivity index (χ3n) is 4.56. The van der Waals surface area contributed by atoms with Crippen LogP contribution >= 0.6 is 0 Å². The maximum absolute atomic E-state index is 12.6. The summed E-state index contributed by atoms with van der Waals surface area (Å²) in [6.07, 6.45) is 0.192. The van der Waals surface area contributed by atoms with Crippen molar-refractivity contribution in [3.05, 3.63) is 29.8 Å². The van der Waals surface area contributed by atoms with Crippen molar-refractivity contribution < 1.29 is 19.1 Å². The van der Waals surface area contributed by atoms with Gasteiger partial charge in [-0.3, -0.25) is 14.4 Å². The zero-order valence-corrected chi connectivity index (χ0v) is 18.7. The van der Waals surface area contributed by atoms with Crippen molar-refractivity contribution in [3.8, 4) is 0 Å². The number of ether oxygens (including phenoxy) is 1. The van der Waals surface area contributed by atoms with Crippen LogP contribution in [0.4, 0.5) is 5.69 Å². The van der Waals surface area contributed by atoms with E-state index in [0.717, 1.165) is 5.56 Å². The molecule has 0 spiro atoms. The Morgan fingerprint density at radius 2 is 1.52 bits per heavy atom. The number of nitrogens with one attached hydrogen (secondary N) is 2. The minimum atomic E-state index is -0.426. The van der Waals surface area contributed by atoms with Gasteiger partial charge in [0.15, 0.2) is 5.78 Å². The third-order valence-corrected chi connectivity index (χ3v) is 4.56. The fourth-order valence-corrected chi connectivity index (χ4v) is 2.81. The number of hydrogen-bond donors (Lipinski definition) is 2. The lowest BCUT2D eigenvalue weighted by molar-refractivity contribution is -0.148. The number of esters is 1. The molecule has 0 unspecified atom stereocenters. The van der Waals surface area contributed by atoms with Gasteiger partial charge in [-0.05, 0) is 23.6 Å². The molecule has 1 aromatic carbocycles. The van der Waals surface area contributed by atoms with Gasteiger partial charge >= 0.3 is 5.97 Å². The molecule has 1 aromatic rings. The molecule has 0 saturated heterocycles. The summed E-state index contributed by atoms with van der Waals surface area (Å²) in [5.41, 5.74) is 1.49. The highest BCUT2D eigenvalue weighted by atomic mass is 16.5. The highest BCUT2D eigenvalue weighted by Crippen LogP contribution is 2.16. The second kappa shape index (κ2) is 11.7. The third kappa shape index (κ3) is 8.77. The Kier molecular flexibility index (Phi) is 10.0. The number of benzene rings is 1. The summed E-state index contributed by atoms with van der Waals surface area (Å²) in [5.74, 6) is -0.804. The molecule has 0 saturated carbocycles.